The maximum absolute atomic E-state index is 11.9. The summed E-state index contributed by atoms with van der Waals surface area (Å²) < 4.78 is 26.4. The molecule has 1 aromatic rings. The van der Waals surface area contributed by atoms with Crippen LogP contribution < -0.4 is 10.5 Å². The lowest BCUT2D eigenvalue weighted by atomic mass is 9.99. The van der Waals surface area contributed by atoms with Gasteiger partial charge in [0, 0.05) is 18.8 Å². The van der Waals surface area contributed by atoms with Gasteiger partial charge in [0.05, 0.1) is 4.90 Å². The minimum Gasteiger partial charge on any atom is -0.384 e. The number of hydrogen-bond donors (Lipinski definition) is 2. The van der Waals surface area contributed by atoms with Crippen LogP contribution in [0.3, 0.4) is 0 Å². The Morgan fingerprint density at radius 2 is 2.06 bits per heavy atom. The Bertz CT molecular complexity index is 471. The van der Waals surface area contributed by atoms with Crippen LogP contribution in [0.4, 0.5) is 5.82 Å². The summed E-state index contributed by atoms with van der Waals surface area (Å²) in [5.41, 5.74) is 5.46. The number of nitrogen functional groups attached to an aromatic ring is 1. The highest BCUT2D eigenvalue weighted by Gasteiger charge is 2.16. The van der Waals surface area contributed by atoms with Gasteiger partial charge in [-0.1, -0.05) is 20.8 Å². The summed E-state index contributed by atoms with van der Waals surface area (Å²) in [5, 5.41) is 0. The summed E-state index contributed by atoms with van der Waals surface area (Å²) in [7, 11) is -3.48. The van der Waals surface area contributed by atoms with Crippen LogP contribution in [0.1, 0.15) is 20.8 Å². The minimum atomic E-state index is -3.48. The van der Waals surface area contributed by atoms with Crippen LogP contribution in [-0.2, 0) is 10.0 Å². The number of nitrogens with two attached hydrogens (primary N) is 1. The van der Waals surface area contributed by atoms with E-state index in [4.69, 9.17) is 5.73 Å². The second-order valence-electron chi connectivity index (χ2n) is 4.49. The average molecular weight is 257 g/mol. The first-order valence-corrected chi connectivity index (χ1v) is 7.02. The first-order chi connectivity index (χ1) is 7.83. The van der Waals surface area contributed by atoms with Crippen LogP contribution >= 0.6 is 0 Å². The third-order valence-corrected chi connectivity index (χ3v) is 4.22. The number of anilines is 1. The van der Waals surface area contributed by atoms with Crippen molar-refractivity contribution in [1.82, 2.24) is 9.71 Å². The number of nitrogens with zero attached hydrogens (tertiary/aromatic N) is 1. The van der Waals surface area contributed by atoms with Crippen molar-refractivity contribution >= 4 is 15.8 Å². The van der Waals surface area contributed by atoms with E-state index in [-0.39, 0.29) is 16.6 Å². The van der Waals surface area contributed by atoms with Crippen molar-refractivity contribution in [3.05, 3.63) is 18.3 Å². The smallest absolute Gasteiger partial charge is 0.240 e. The van der Waals surface area contributed by atoms with Gasteiger partial charge in [-0.25, -0.2) is 18.1 Å². The quantitative estimate of drug-likeness (QED) is 0.831. The lowest BCUT2D eigenvalue weighted by molar-refractivity contribution is 0.414. The van der Waals surface area contributed by atoms with Crippen molar-refractivity contribution in [2.75, 3.05) is 12.3 Å². The number of sulfonamides is 1. The molecular formula is C11H19N3O2S. The van der Waals surface area contributed by atoms with E-state index in [1.54, 1.807) is 0 Å². The Kier molecular flexibility index (Phi) is 4.47. The molecule has 1 aromatic heterocycles. The second-order valence-corrected chi connectivity index (χ2v) is 6.26. The van der Waals surface area contributed by atoms with Crippen molar-refractivity contribution in [2.45, 2.75) is 25.7 Å². The molecule has 0 aliphatic rings. The van der Waals surface area contributed by atoms with Gasteiger partial charge in [-0.2, -0.15) is 0 Å². The standard InChI is InChI=1S/C11H19N3O2S/c1-8(2)9(3)7-14-17(15,16)10-4-5-13-11(12)6-10/h4-6,8-9,14H,7H2,1-3H3,(H2,12,13). The highest BCUT2D eigenvalue weighted by Crippen LogP contribution is 2.12. The van der Waals surface area contributed by atoms with E-state index >= 15 is 0 Å². The maximum atomic E-state index is 11.9. The van der Waals surface area contributed by atoms with Crippen molar-refractivity contribution in [3.8, 4) is 0 Å². The van der Waals surface area contributed by atoms with Gasteiger partial charge < -0.3 is 5.73 Å². The summed E-state index contributed by atoms with van der Waals surface area (Å²) in [6.45, 7) is 6.54. The molecule has 96 valence electrons. The van der Waals surface area contributed by atoms with Crippen molar-refractivity contribution in [2.24, 2.45) is 11.8 Å². The Morgan fingerprint density at radius 1 is 1.41 bits per heavy atom. The van der Waals surface area contributed by atoms with Crippen molar-refractivity contribution < 1.29 is 8.42 Å². The molecule has 1 heterocycles. The number of aromatic nitrogens is 1. The highest BCUT2D eigenvalue weighted by molar-refractivity contribution is 7.89. The summed E-state index contributed by atoms with van der Waals surface area (Å²) in [4.78, 5) is 3.92. The van der Waals surface area contributed by atoms with Crippen LogP contribution in [0.2, 0.25) is 0 Å². The number of nitrogens with one attached hydrogen (secondary N) is 1. The highest BCUT2D eigenvalue weighted by atomic mass is 32.2. The molecule has 0 bridgehead atoms. The molecule has 0 saturated heterocycles. The summed E-state index contributed by atoms with van der Waals surface area (Å²) in [6, 6.07) is 2.78. The average Bonchev–Trinajstić information content (AvgIpc) is 2.26. The van der Waals surface area contributed by atoms with E-state index < -0.39 is 10.0 Å². The van der Waals surface area contributed by atoms with E-state index in [9.17, 15) is 8.42 Å². The van der Waals surface area contributed by atoms with Gasteiger partial charge in [0.2, 0.25) is 10.0 Å². The monoisotopic (exact) mass is 257 g/mol. The molecule has 0 aliphatic carbocycles. The fraction of sp³-hybridized carbons (Fsp3) is 0.545. The summed E-state index contributed by atoms with van der Waals surface area (Å²) >= 11 is 0. The lowest BCUT2D eigenvalue weighted by Gasteiger charge is -2.16. The van der Waals surface area contributed by atoms with Gasteiger partial charge in [0.25, 0.3) is 0 Å². The molecule has 5 nitrogen and oxygen atoms in total. The molecule has 0 radical (unpaired) electrons. The van der Waals surface area contributed by atoms with E-state index in [2.05, 4.69) is 23.6 Å². The number of hydrogen-bond acceptors (Lipinski definition) is 4. The predicted octanol–water partition coefficient (Wildman–Crippen LogP) is 1.23. The Morgan fingerprint density at radius 3 is 2.59 bits per heavy atom. The largest absolute Gasteiger partial charge is 0.384 e. The predicted molar refractivity (Wildman–Crippen MR) is 67.8 cm³/mol. The molecule has 1 atom stereocenters. The maximum Gasteiger partial charge on any atom is 0.240 e. The molecule has 17 heavy (non-hydrogen) atoms. The fourth-order valence-corrected chi connectivity index (χ4v) is 2.32. The molecule has 1 unspecified atom stereocenters. The van der Waals surface area contributed by atoms with E-state index in [1.807, 2.05) is 6.92 Å². The zero-order chi connectivity index (χ0) is 13.1. The fourth-order valence-electron chi connectivity index (χ4n) is 1.16. The topological polar surface area (TPSA) is 85.1 Å². The lowest BCUT2D eigenvalue weighted by Crippen LogP contribution is -2.30. The van der Waals surface area contributed by atoms with Crippen LogP contribution in [0.25, 0.3) is 0 Å². The van der Waals surface area contributed by atoms with Crippen molar-refractivity contribution in [1.29, 1.82) is 0 Å². The third kappa shape index (κ3) is 3.98. The first-order valence-electron chi connectivity index (χ1n) is 5.54. The molecular weight excluding hydrogens is 238 g/mol. The van der Waals surface area contributed by atoms with Gasteiger partial charge >= 0.3 is 0 Å². The second kappa shape index (κ2) is 5.46. The molecule has 0 amide bonds. The molecule has 0 aliphatic heterocycles. The molecule has 0 saturated carbocycles. The molecule has 6 heteroatoms. The number of rotatable bonds is 5. The Hall–Kier alpha value is -1.14. The van der Waals surface area contributed by atoms with Gasteiger partial charge in [-0.05, 0) is 17.9 Å². The van der Waals surface area contributed by atoms with Crippen LogP contribution in [0.5, 0.6) is 0 Å². The number of pyridine rings is 1. The molecule has 0 aromatic carbocycles. The third-order valence-electron chi connectivity index (χ3n) is 2.80. The molecule has 3 N–H and O–H groups in total. The first kappa shape index (κ1) is 13.9. The van der Waals surface area contributed by atoms with E-state index in [0.717, 1.165) is 0 Å². The van der Waals surface area contributed by atoms with E-state index in [1.165, 1.54) is 18.3 Å². The van der Waals surface area contributed by atoms with Gasteiger partial charge in [0.15, 0.2) is 0 Å². The van der Waals surface area contributed by atoms with E-state index in [0.29, 0.717) is 12.5 Å². The van der Waals surface area contributed by atoms with Crippen LogP contribution in [0.15, 0.2) is 23.2 Å². The van der Waals surface area contributed by atoms with Gasteiger partial charge in [-0.15, -0.1) is 0 Å². The zero-order valence-corrected chi connectivity index (χ0v) is 11.2. The van der Waals surface area contributed by atoms with Crippen LogP contribution in [0, 0.1) is 11.8 Å². The normalized spacial score (nSPS) is 13.9. The molecule has 1 rings (SSSR count). The van der Waals surface area contributed by atoms with Gasteiger partial charge in [0.1, 0.15) is 5.82 Å². The Balaban J connectivity index is 2.76. The van der Waals surface area contributed by atoms with Crippen molar-refractivity contribution in [3.63, 3.8) is 0 Å². The van der Waals surface area contributed by atoms with Crippen LogP contribution in [-0.4, -0.2) is 19.9 Å². The summed E-state index contributed by atoms with van der Waals surface area (Å²) in [6.07, 6.45) is 1.38. The van der Waals surface area contributed by atoms with Gasteiger partial charge in [-0.3, -0.25) is 0 Å². The zero-order valence-electron chi connectivity index (χ0n) is 10.3. The molecule has 0 spiro atoms. The minimum absolute atomic E-state index is 0.154. The molecule has 0 fully saturated rings. The SMILES string of the molecule is CC(C)C(C)CNS(=O)(=O)c1ccnc(N)c1. The Labute approximate surface area is 102 Å². The summed E-state index contributed by atoms with van der Waals surface area (Å²) in [5.74, 6) is 0.911.